The van der Waals surface area contributed by atoms with Gasteiger partial charge in [0.05, 0.1) is 0 Å². The van der Waals surface area contributed by atoms with Crippen LogP contribution in [-0.2, 0) is 23.1 Å². The number of carbonyl (C=O) groups excluding carboxylic acids is 1. The highest BCUT2D eigenvalue weighted by Crippen LogP contribution is 2.36. The number of hydrogen-bond acceptors (Lipinski definition) is 3. The Labute approximate surface area is 214 Å². The molecule has 1 aliphatic carbocycles. The van der Waals surface area contributed by atoms with E-state index in [1.54, 1.807) is 13.8 Å². The van der Waals surface area contributed by atoms with Gasteiger partial charge in [0.1, 0.15) is 4.75 Å². The van der Waals surface area contributed by atoms with Gasteiger partial charge in [-0.1, -0.05) is 58.0 Å². The van der Waals surface area contributed by atoms with Crippen LogP contribution in [0.5, 0.6) is 0 Å². The maximum atomic E-state index is 12.4. The van der Waals surface area contributed by atoms with Gasteiger partial charge < -0.3 is 15.7 Å². The van der Waals surface area contributed by atoms with Crippen LogP contribution in [0.15, 0.2) is 47.4 Å². The van der Waals surface area contributed by atoms with Crippen molar-refractivity contribution in [3.05, 3.63) is 64.7 Å². The normalized spacial score (nSPS) is 16.6. The summed E-state index contributed by atoms with van der Waals surface area (Å²) in [4.78, 5) is 26.7. The third kappa shape index (κ3) is 6.60. The van der Waals surface area contributed by atoms with Crippen LogP contribution in [0.25, 0.3) is 0 Å². The van der Waals surface area contributed by atoms with Gasteiger partial charge in [-0.25, -0.2) is 4.79 Å². The van der Waals surface area contributed by atoms with Crippen molar-refractivity contribution in [2.75, 3.05) is 6.54 Å². The molecule has 0 saturated heterocycles. The predicted molar refractivity (Wildman–Crippen MR) is 144 cm³/mol. The van der Waals surface area contributed by atoms with Crippen molar-refractivity contribution in [1.82, 2.24) is 4.90 Å². The van der Waals surface area contributed by atoms with Gasteiger partial charge in [0.15, 0.2) is 0 Å². The minimum absolute atomic E-state index is 0.0380. The second kappa shape index (κ2) is 10.7. The van der Waals surface area contributed by atoms with Gasteiger partial charge in [0.25, 0.3) is 0 Å². The van der Waals surface area contributed by atoms with Gasteiger partial charge in [0.2, 0.25) is 0 Å². The van der Waals surface area contributed by atoms with Crippen molar-refractivity contribution in [1.29, 1.82) is 0 Å². The molecule has 0 aromatic heterocycles. The molecule has 3 N–H and O–H groups in total. The van der Waals surface area contributed by atoms with Crippen molar-refractivity contribution in [2.24, 2.45) is 5.73 Å². The molecule has 2 unspecified atom stereocenters. The number of primary amides is 1. The SMILES string of the molecule is CCC(CCN(C(N)=O)C1Cc2ccc(SC(C)(C)C(=O)O)cc2C1)c1ccc(C(C)(C)C)cc1. The number of amides is 2. The quantitative estimate of drug-likeness (QED) is 0.395. The average molecular weight is 497 g/mol. The number of urea groups is 1. The Balaban J connectivity index is 1.68. The first-order valence-electron chi connectivity index (χ1n) is 12.5. The van der Waals surface area contributed by atoms with Crippen LogP contribution in [0.1, 0.15) is 82.6 Å². The number of nitrogens with zero attached hydrogens (tertiary/aromatic N) is 1. The fourth-order valence-electron chi connectivity index (χ4n) is 4.82. The molecule has 190 valence electrons. The topological polar surface area (TPSA) is 83.6 Å². The van der Waals surface area contributed by atoms with E-state index in [1.807, 2.05) is 11.0 Å². The van der Waals surface area contributed by atoms with Crippen LogP contribution >= 0.6 is 11.8 Å². The van der Waals surface area contributed by atoms with Crippen LogP contribution in [-0.4, -0.2) is 39.3 Å². The number of carboxylic acid groups (broad SMARTS) is 1. The molecule has 2 aromatic carbocycles. The molecule has 1 aliphatic rings. The van der Waals surface area contributed by atoms with Crippen LogP contribution in [0.4, 0.5) is 4.79 Å². The first kappa shape index (κ1) is 27.1. The molecule has 0 saturated carbocycles. The smallest absolute Gasteiger partial charge is 0.319 e. The first-order valence-corrected chi connectivity index (χ1v) is 13.3. The molecule has 2 aromatic rings. The Hall–Kier alpha value is -2.47. The summed E-state index contributed by atoms with van der Waals surface area (Å²) < 4.78 is -0.897. The molecule has 0 radical (unpaired) electrons. The lowest BCUT2D eigenvalue weighted by atomic mass is 9.84. The maximum Gasteiger partial charge on any atom is 0.319 e. The summed E-state index contributed by atoms with van der Waals surface area (Å²) in [5.74, 6) is -0.463. The van der Waals surface area contributed by atoms with Gasteiger partial charge in [-0.2, -0.15) is 0 Å². The van der Waals surface area contributed by atoms with E-state index >= 15 is 0 Å². The van der Waals surface area contributed by atoms with Crippen molar-refractivity contribution in [2.45, 2.75) is 94.2 Å². The first-order chi connectivity index (χ1) is 16.3. The minimum Gasteiger partial charge on any atom is -0.480 e. The zero-order valence-corrected chi connectivity index (χ0v) is 22.7. The summed E-state index contributed by atoms with van der Waals surface area (Å²) >= 11 is 1.35. The van der Waals surface area contributed by atoms with Gasteiger partial charge in [-0.15, -0.1) is 11.8 Å². The molecule has 3 rings (SSSR count). The van der Waals surface area contributed by atoms with Gasteiger partial charge >= 0.3 is 12.0 Å². The third-order valence-corrected chi connectivity index (χ3v) is 8.33. The molecule has 0 bridgehead atoms. The summed E-state index contributed by atoms with van der Waals surface area (Å²) in [5.41, 5.74) is 11.0. The van der Waals surface area contributed by atoms with E-state index in [2.05, 4.69) is 64.1 Å². The molecule has 6 heteroatoms. The third-order valence-electron chi connectivity index (χ3n) is 7.16. The molecule has 2 amide bonds. The van der Waals surface area contributed by atoms with E-state index < -0.39 is 10.7 Å². The molecular weight excluding hydrogens is 456 g/mol. The van der Waals surface area contributed by atoms with Crippen molar-refractivity contribution >= 4 is 23.8 Å². The summed E-state index contributed by atoms with van der Waals surface area (Å²) in [6.07, 6.45) is 3.40. The maximum absolute atomic E-state index is 12.4. The minimum atomic E-state index is -0.897. The Morgan fingerprint density at radius 3 is 2.23 bits per heavy atom. The second-order valence-corrected chi connectivity index (χ2v) is 12.9. The van der Waals surface area contributed by atoms with Gasteiger partial charge in [-0.3, -0.25) is 4.79 Å². The van der Waals surface area contributed by atoms with Crippen LogP contribution in [0, 0.1) is 0 Å². The fourth-order valence-corrected chi connectivity index (χ4v) is 5.84. The average Bonchev–Trinajstić information content (AvgIpc) is 3.18. The second-order valence-electron chi connectivity index (χ2n) is 11.2. The molecule has 2 atom stereocenters. The highest BCUT2D eigenvalue weighted by Gasteiger charge is 2.32. The van der Waals surface area contributed by atoms with E-state index in [0.29, 0.717) is 12.5 Å². The van der Waals surface area contributed by atoms with Gasteiger partial charge in [0, 0.05) is 17.5 Å². The number of nitrogens with two attached hydrogens (primary N) is 1. The summed E-state index contributed by atoms with van der Waals surface area (Å²) in [7, 11) is 0. The lowest BCUT2D eigenvalue weighted by Gasteiger charge is -2.29. The number of carbonyl (C=O) groups is 2. The molecule has 0 fully saturated rings. The summed E-state index contributed by atoms with van der Waals surface area (Å²) in [6.45, 7) is 12.9. The Kier molecular flexibility index (Phi) is 8.25. The number of thioether (sulfide) groups is 1. The predicted octanol–water partition coefficient (Wildman–Crippen LogP) is 6.37. The molecule has 0 heterocycles. The zero-order valence-electron chi connectivity index (χ0n) is 21.9. The van der Waals surface area contributed by atoms with Crippen molar-refractivity contribution in [3.63, 3.8) is 0 Å². The van der Waals surface area contributed by atoms with E-state index in [4.69, 9.17) is 5.73 Å². The van der Waals surface area contributed by atoms with Crippen LogP contribution < -0.4 is 5.73 Å². The van der Waals surface area contributed by atoms with E-state index in [0.717, 1.165) is 30.6 Å². The van der Waals surface area contributed by atoms with E-state index in [-0.39, 0.29) is 17.5 Å². The van der Waals surface area contributed by atoms with Crippen LogP contribution in [0.3, 0.4) is 0 Å². The lowest BCUT2D eigenvalue weighted by Crippen LogP contribution is -2.45. The number of benzene rings is 2. The number of aliphatic carboxylic acids is 1. The molecular formula is C29H40N2O3S. The van der Waals surface area contributed by atoms with Gasteiger partial charge in [-0.05, 0) is 85.3 Å². The van der Waals surface area contributed by atoms with Crippen molar-refractivity contribution < 1.29 is 14.7 Å². The summed E-state index contributed by atoms with van der Waals surface area (Å²) in [6, 6.07) is 14.7. The number of fused-ring (bicyclic) bond motifs is 1. The molecule has 0 aliphatic heterocycles. The summed E-state index contributed by atoms with van der Waals surface area (Å²) in [5, 5.41) is 9.45. The number of carboxylic acids is 1. The molecule has 5 nitrogen and oxygen atoms in total. The number of rotatable bonds is 9. The highest BCUT2D eigenvalue weighted by molar-refractivity contribution is 8.01. The highest BCUT2D eigenvalue weighted by atomic mass is 32.2. The van der Waals surface area contributed by atoms with Crippen molar-refractivity contribution in [3.8, 4) is 0 Å². The van der Waals surface area contributed by atoms with Crippen LogP contribution in [0.2, 0.25) is 0 Å². The molecule has 35 heavy (non-hydrogen) atoms. The Morgan fingerprint density at radius 1 is 1.06 bits per heavy atom. The standard InChI is InChI=1S/C29H40N2O3S/c1-7-19(20-8-11-23(12-9-20)28(2,3)4)14-15-31(27(30)34)24-16-21-10-13-25(18-22(21)17-24)35-29(5,6)26(32)33/h8-13,18-19,24H,7,14-17H2,1-6H3,(H2,30,34)(H,32,33). The number of hydrogen-bond donors (Lipinski definition) is 2. The largest absolute Gasteiger partial charge is 0.480 e. The fraction of sp³-hybridized carbons (Fsp3) is 0.517. The zero-order chi connectivity index (χ0) is 26.0. The Morgan fingerprint density at radius 2 is 1.69 bits per heavy atom. The lowest BCUT2D eigenvalue weighted by molar-refractivity contribution is -0.138. The van der Waals surface area contributed by atoms with E-state index in [1.165, 1.54) is 34.0 Å². The molecule has 0 spiro atoms. The van der Waals surface area contributed by atoms with E-state index in [9.17, 15) is 14.7 Å². The Bertz CT molecular complexity index is 1060. The monoisotopic (exact) mass is 496 g/mol.